The summed E-state index contributed by atoms with van der Waals surface area (Å²) in [5.41, 5.74) is 0.677. The molecular weight excluding hydrogens is 290 g/mol. The molecule has 1 N–H and O–H groups in total. The van der Waals surface area contributed by atoms with E-state index in [1.807, 2.05) is 0 Å². The zero-order chi connectivity index (χ0) is 13.3. The van der Waals surface area contributed by atoms with Crippen LogP contribution in [-0.4, -0.2) is 37.7 Å². The van der Waals surface area contributed by atoms with Gasteiger partial charge in [-0.05, 0) is 0 Å². The van der Waals surface area contributed by atoms with E-state index in [0.29, 0.717) is 28.0 Å². The van der Waals surface area contributed by atoms with Gasteiger partial charge in [-0.3, -0.25) is 4.99 Å². The molecule has 106 valence electrons. The van der Waals surface area contributed by atoms with E-state index in [1.165, 1.54) is 7.11 Å². The topological polar surface area (TPSA) is 72.3 Å². The summed E-state index contributed by atoms with van der Waals surface area (Å²) in [4.78, 5) is 4.52. The third kappa shape index (κ3) is 2.76. The van der Waals surface area contributed by atoms with Crippen LogP contribution < -0.4 is 14.8 Å². The van der Waals surface area contributed by atoms with Gasteiger partial charge in [0.25, 0.3) is 0 Å². The van der Waals surface area contributed by atoms with Gasteiger partial charge >= 0.3 is 0 Å². The predicted octanol–water partition coefficient (Wildman–Crippen LogP) is 1.99. The molecule has 8 heteroatoms. The summed E-state index contributed by atoms with van der Waals surface area (Å²) < 4.78 is 27.0. The van der Waals surface area contributed by atoms with Crippen LogP contribution in [0.15, 0.2) is 26.4 Å². The highest BCUT2D eigenvalue weighted by molar-refractivity contribution is 7.93. The van der Waals surface area contributed by atoms with Crippen molar-refractivity contribution in [3.05, 3.63) is 12.1 Å². The number of nitrogens with one attached hydrogen (secondary N) is 1. The van der Waals surface area contributed by atoms with Crippen molar-refractivity contribution in [2.24, 2.45) is 9.36 Å². The van der Waals surface area contributed by atoms with Gasteiger partial charge in [0.15, 0.2) is 11.5 Å². The Labute approximate surface area is 118 Å². The van der Waals surface area contributed by atoms with E-state index in [-0.39, 0.29) is 12.4 Å². The van der Waals surface area contributed by atoms with Crippen LogP contribution in [0.4, 0.5) is 5.69 Å². The van der Waals surface area contributed by atoms with Crippen molar-refractivity contribution < 1.29 is 13.7 Å². The Hall–Kier alpha value is -1.47. The Morgan fingerprint density at radius 3 is 2.37 bits per heavy atom. The molecule has 0 radical (unpaired) electrons. The van der Waals surface area contributed by atoms with Crippen LogP contribution in [0.25, 0.3) is 0 Å². The number of ether oxygens (including phenoxy) is 2. The van der Waals surface area contributed by atoms with E-state index >= 15 is 0 Å². The minimum Gasteiger partial charge on any atom is -0.493 e. The molecule has 1 aromatic carbocycles. The zero-order valence-corrected chi connectivity index (χ0v) is 12.7. The van der Waals surface area contributed by atoms with Gasteiger partial charge in [-0.15, -0.1) is 12.4 Å². The maximum absolute atomic E-state index is 12.5. The number of nitrogens with zero attached hydrogens (tertiary/aromatic N) is 2. The Kier molecular flexibility index (Phi) is 4.65. The Morgan fingerprint density at radius 2 is 1.84 bits per heavy atom. The molecule has 0 saturated carbocycles. The van der Waals surface area contributed by atoms with Gasteiger partial charge in [0.05, 0.1) is 34.5 Å². The molecular formula is C11H16ClN3O3S. The van der Waals surface area contributed by atoms with Gasteiger partial charge in [0.2, 0.25) is 5.96 Å². The van der Waals surface area contributed by atoms with Crippen LogP contribution in [0.3, 0.4) is 0 Å². The molecule has 0 aliphatic carbocycles. The number of halogens is 1. The molecule has 0 amide bonds. The second kappa shape index (κ2) is 5.66. The molecule has 0 saturated heterocycles. The average molecular weight is 306 g/mol. The van der Waals surface area contributed by atoms with E-state index in [9.17, 15) is 4.21 Å². The summed E-state index contributed by atoms with van der Waals surface area (Å²) in [7, 11) is 2.16. The average Bonchev–Trinajstić information content (AvgIpc) is 2.36. The largest absolute Gasteiger partial charge is 0.493 e. The van der Waals surface area contributed by atoms with E-state index in [4.69, 9.17) is 9.47 Å². The number of fused-ring (bicyclic) bond motifs is 1. The van der Waals surface area contributed by atoms with Crippen LogP contribution in [0, 0.1) is 0 Å². The van der Waals surface area contributed by atoms with Crippen molar-refractivity contribution in [2.75, 3.05) is 32.8 Å². The fourth-order valence-corrected chi connectivity index (χ4v) is 3.12. The van der Waals surface area contributed by atoms with Gasteiger partial charge in [-0.2, -0.15) is 4.36 Å². The minimum atomic E-state index is -2.51. The molecule has 2 rings (SSSR count). The summed E-state index contributed by atoms with van der Waals surface area (Å²) in [6, 6.07) is 3.41. The maximum Gasteiger partial charge on any atom is 0.230 e. The number of aliphatic imine (C=N–C) groups is 1. The summed E-state index contributed by atoms with van der Waals surface area (Å²) >= 11 is 0. The Balaban J connectivity index is 0.00000180. The Bertz CT molecular complexity index is 636. The second-order valence-corrected chi connectivity index (χ2v) is 6.00. The highest BCUT2D eigenvalue weighted by Gasteiger charge is 2.22. The second-order valence-electron chi connectivity index (χ2n) is 3.77. The van der Waals surface area contributed by atoms with E-state index < -0.39 is 9.73 Å². The van der Waals surface area contributed by atoms with Gasteiger partial charge in [-0.25, -0.2) is 4.21 Å². The molecule has 1 unspecified atom stereocenters. The molecule has 6 nitrogen and oxygen atoms in total. The van der Waals surface area contributed by atoms with Crippen molar-refractivity contribution in [3.63, 3.8) is 0 Å². The molecule has 0 aromatic heterocycles. The quantitative estimate of drug-likeness (QED) is 0.907. The molecule has 1 aromatic rings. The molecule has 0 spiro atoms. The standard InChI is InChI=1S/C11H15N3O3S.ClH/c1-12-11-13-7-5-8(16-2)9(17-3)6-10(7)18(4,15)14-11;/h5-6H,1-4H3,(H,12,13,14,15);1H. The van der Waals surface area contributed by atoms with Crippen molar-refractivity contribution >= 4 is 33.8 Å². The lowest BCUT2D eigenvalue weighted by molar-refractivity contribution is 0.354. The third-order valence-corrected chi connectivity index (χ3v) is 4.29. The highest BCUT2D eigenvalue weighted by Crippen LogP contribution is 2.37. The van der Waals surface area contributed by atoms with Crippen LogP contribution >= 0.6 is 12.4 Å². The lowest BCUT2D eigenvalue weighted by Crippen LogP contribution is -2.20. The van der Waals surface area contributed by atoms with Crippen molar-refractivity contribution in [1.82, 2.24) is 0 Å². The van der Waals surface area contributed by atoms with Crippen molar-refractivity contribution in [1.29, 1.82) is 0 Å². The number of hydrogen-bond acceptors (Lipinski definition) is 4. The molecule has 1 atom stereocenters. The van der Waals surface area contributed by atoms with Gasteiger partial charge in [0, 0.05) is 25.4 Å². The lowest BCUT2D eigenvalue weighted by Gasteiger charge is -2.20. The fourth-order valence-electron chi connectivity index (χ4n) is 1.73. The number of benzene rings is 1. The maximum atomic E-state index is 12.5. The fraction of sp³-hybridized carbons (Fsp3) is 0.364. The minimum absolute atomic E-state index is 0. The normalized spacial score (nSPS) is 22.6. The van der Waals surface area contributed by atoms with Crippen molar-refractivity contribution in [3.8, 4) is 11.5 Å². The highest BCUT2D eigenvalue weighted by atomic mass is 35.5. The molecule has 1 aliphatic rings. The van der Waals surface area contributed by atoms with Gasteiger partial charge in [-0.1, -0.05) is 0 Å². The predicted molar refractivity (Wildman–Crippen MR) is 78.5 cm³/mol. The molecule has 19 heavy (non-hydrogen) atoms. The summed E-state index contributed by atoms with van der Waals surface area (Å²) in [6.07, 6.45) is 1.57. The summed E-state index contributed by atoms with van der Waals surface area (Å²) in [6.45, 7) is 0. The molecule has 0 bridgehead atoms. The van der Waals surface area contributed by atoms with Gasteiger partial charge in [0.1, 0.15) is 0 Å². The molecule has 1 aliphatic heterocycles. The third-order valence-electron chi connectivity index (χ3n) is 2.61. The summed E-state index contributed by atoms with van der Waals surface area (Å²) in [5, 5.41) is 3.00. The number of guanidine groups is 1. The lowest BCUT2D eigenvalue weighted by atomic mass is 10.2. The van der Waals surface area contributed by atoms with Crippen LogP contribution in [0.5, 0.6) is 11.5 Å². The first-order valence-corrected chi connectivity index (χ1v) is 7.16. The first kappa shape index (κ1) is 15.6. The Morgan fingerprint density at radius 1 is 1.26 bits per heavy atom. The van der Waals surface area contributed by atoms with E-state index in [1.54, 1.807) is 32.5 Å². The molecule has 0 fully saturated rings. The SMILES string of the molecule is CN=C1N=S(C)(=O)c2cc(OC)c(OC)cc2N1.Cl. The summed E-state index contributed by atoms with van der Waals surface area (Å²) in [5.74, 6) is 1.44. The van der Waals surface area contributed by atoms with Gasteiger partial charge < -0.3 is 14.8 Å². The zero-order valence-electron chi connectivity index (χ0n) is 11.1. The number of anilines is 1. The van der Waals surface area contributed by atoms with Crippen LogP contribution in [0.2, 0.25) is 0 Å². The van der Waals surface area contributed by atoms with Crippen LogP contribution in [-0.2, 0) is 9.73 Å². The number of hydrogen-bond donors (Lipinski definition) is 1. The monoisotopic (exact) mass is 305 g/mol. The number of rotatable bonds is 2. The first-order valence-electron chi connectivity index (χ1n) is 5.24. The van der Waals surface area contributed by atoms with Crippen LogP contribution in [0.1, 0.15) is 0 Å². The van der Waals surface area contributed by atoms with Crippen molar-refractivity contribution in [2.45, 2.75) is 4.90 Å². The molecule has 1 heterocycles. The van der Waals surface area contributed by atoms with E-state index in [2.05, 4.69) is 14.7 Å². The number of methoxy groups -OCH3 is 2. The smallest absolute Gasteiger partial charge is 0.230 e. The first-order chi connectivity index (χ1) is 8.51. The van der Waals surface area contributed by atoms with E-state index in [0.717, 1.165) is 0 Å².